The minimum Gasteiger partial charge on any atom is -0.490 e. The van der Waals surface area contributed by atoms with Crippen LogP contribution in [0.3, 0.4) is 0 Å². The van der Waals surface area contributed by atoms with Crippen LogP contribution in [0.4, 0.5) is 0 Å². The van der Waals surface area contributed by atoms with Gasteiger partial charge in [0, 0.05) is 13.1 Å². The van der Waals surface area contributed by atoms with Crippen molar-refractivity contribution in [2.24, 2.45) is 0 Å². The van der Waals surface area contributed by atoms with Gasteiger partial charge < -0.3 is 23.4 Å². The lowest BCUT2D eigenvalue weighted by Crippen LogP contribution is -2.22. The number of unbranched alkanes of at least 4 members (excludes halogenated alkanes) is 2. The van der Waals surface area contributed by atoms with Crippen LogP contribution in [0.2, 0.25) is 0 Å². The second-order valence-electron chi connectivity index (χ2n) is 8.48. The first-order chi connectivity index (χ1) is 17.0. The van der Waals surface area contributed by atoms with E-state index in [2.05, 4.69) is 61.4 Å². The summed E-state index contributed by atoms with van der Waals surface area (Å²) in [5.41, 5.74) is 2.24. The topological polar surface area (TPSA) is 57.2 Å². The Bertz CT molecular complexity index is 870. The van der Waals surface area contributed by atoms with E-state index in [1.807, 2.05) is 19.9 Å². The quantitative estimate of drug-likeness (QED) is 0.152. The summed E-state index contributed by atoms with van der Waals surface area (Å²) in [7, 11) is -2.97. The Hall–Kier alpha value is -2.01. The summed E-state index contributed by atoms with van der Waals surface area (Å²) in [6, 6.07) is 6.13. The minimum atomic E-state index is -2.97. The zero-order chi connectivity index (χ0) is 25.4. The smallest absolute Gasteiger partial charge is 0.330 e. The second kappa shape index (κ2) is 16.6. The van der Waals surface area contributed by atoms with Crippen molar-refractivity contribution < 1.29 is 23.1 Å². The molecule has 0 unspecified atom stereocenters. The van der Waals surface area contributed by atoms with Crippen molar-refractivity contribution in [3.8, 4) is 11.5 Å². The number of hydrogen-bond acceptors (Lipinski definition) is 6. The maximum Gasteiger partial charge on any atom is 0.330 e. The number of rotatable bonds is 18. The summed E-state index contributed by atoms with van der Waals surface area (Å²) in [4.78, 5) is 2.21. The molecule has 1 aliphatic rings. The van der Waals surface area contributed by atoms with Gasteiger partial charge in [0.2, 0.25) is 0 Å². The van der Waals surface area contributed by atoms with Crippen molar-refractivity contribution >= 4 is 13.7 Å². The highest BCUT2D eigenvalue weighted by Crippen LogP contribution is 2.48. The van der Waals surface area contributed by atoms with Crippen LogP contribution in [0.5, 0.6) is 11.5 Å². The van der Waals surface area contributed by atoms with Crippen LogP contribution in [0.15, 0.2) is 48.2 Å². The normalized spacial score (nSPS) is 13.9. The van der Waals surface area contributed by atoms with Crippen molar-refractivity contribution in [3.63, 3.8) is 0 Å². The molecule has 0 fully saturated rings. The van der Waals surface area contributed by atoms with E-state index < -0.39 is 7.60 Å². The van der Waals surface area contributed by atoms with E-state index in [9.17, 15) is 4.57 Å². The lowest BCUT2D eigenvalue weighted by molar-refractivity contribution is 0.218. The molecule has 1 aromatic rings. The van der Waals surface area contributed by atoms with Crippen LogP contribution in [0, 0.1) is 0 Å². The van der Waals surface area contributed by atoms with Gasteiger partial charge in [0.25, 0.3) is 0 Å². The molecular weight excluding hydrogens is 461 g/mol. The van der Waals surface area contributed by atoms with Crippen LogP contribution in [-0.2, 0) is 13.6 Å². The number of nitrogens with zero attached hydrogens (tertiary/aromatic N) is 1. The van der Waals surface area contributed by atoms with E-state index >= 15 is 0 Å². The van der Waals surface area contributed by atoms with E-state index in [1.165, 1.54) is 0 Å². The summed E-state index contributed by atoms with van der Waals surface area (Å²) in [5, 5.41) is 0. The Labute approximate surface area is 212 Å². The highest BCUT2D eigenvalue weighted by atomic mass is 31.2. The molecule has 7 heteroatoms. The highest BCUT2D eigenvalue weighted by molar-refractivity contribution is 7.53. The number of hydrogen-bond donors (Lipinski definition) is 0. The number of allylic oxidation sites excluding steroid dienone is 3. The molecule has 0 spiro atoms. The average Bonchev–Trinajstić information content (AvgIpc) is 2.85. The zero-order valence-electron chi connectivity index (χ0n) is 22.0. The van der Waals surface area contributed by atoms with Crippen LogP contribution in [0.25, 0.3) is 6.08 Å². The molecule has 196 valence electrons. The van der Waals surface area contributed by atoms with E-state index in [0.717, 1.165) is 67.8 Å². The van der Waals surface area contributed by atoms with Gasteiger partial charge in [-0.05, 0) is 68.7 Å². The molecule has 6 nitrogen and oxygen atoms in total. The molecule has 0 saturated carbocycles. The summed E-state index contributed by atoms with van der Waals surface area (Å²) in [6.45, 7) is 11.8. The molecule has 2 rings (SSSR count). The Morgan fingerprint density at radius 2 is 1.60 bits per heavy atom. The predicted molar refractivity (Wildman–Crippen MR) is 145 cm³/mol. The third-order valence-corrected chi connectivity index (χ3v) is 7.68. The summed E-state index contributed by atoms with van der Waals surface area (Å²) in [5.74, 6) is 1.63. The predicted octanol–water partition coefficient (Wildman–Crippen LogP) is 7.47. The fourth-order valence-electron chi connectivity index (χ4n) is 3.57. The van der Waals surface area contributed by atoms with Gasteiger partial charge in [-0.15, -0.1) is 0 Å². The SMILES string of the molecule is CCCCOc1ccc(C=CC2=CCN(CCCP(=O)(OCC)OCC)C=C2)cc1OCCCC. The van der Waals surface area contributed by atoms with Crippen LogP contribution < -0.4 is 9.47 Å². The van der Waals surface area contributed by atoms with Gasteiger partial charge in [-0.25, -0.2) is 0 Å². The zero-order valence-corrected chi connectivity index (χ0v) is 22.9. The first-order valence-electron chi connectivity index (χ1n) is 13.1. The van der Waals surface area contributed by atoms with Gasteiger partial charge in [0.05, 0.1) is 32.6 Å². The van der Waals surface area contributed by atoms with Crippen molar-refractivity contribution in [3.05, 3.63) is 53.8 Å². The standard InChI is InChI=1S/C28H44NO5P/c1-5-9-21-31-27-15-14-26(24-28(27)32-22-10-6-2)13-12-25-16-19-29(20-17-25)18-11-23-35(30,33-7-3)34-8-4/h12-17,19,24H,5-11,18,20-23H2,1-4H3. The third-order valence-electron chi connectivity index (χ3n) is 5.52. The van der Waals surface area contributed by atoms with E-state index in [0.29, 0.717) is 32.6 Å². The Balaban J connectivity index is 1.90. The third kappa shape index (κ3) is 11.1. The van der Waals surface area contributed by atoms with Gasteiger partial charge >= 0.3 is 7.60 Å². The molecule has 0 radical (unpaired) electrons. The van der Waals surface area contributed by atoms with Gasteiger partial charge in [-0.3, -0.25) is 4.57 Å². The summed E-state index contributed by atoms with van der Waals surface area (Å²) >= 11 is 0. The first kappa shape index (κ1) is 29.2. The largest absolute Gasteiger partial charge is 0.490 e. The number of ether oxygens (including phenoxy) is 2. The summed E-state index contributed by atoms with van der Waals surface area (Å²) in [6.07, 6.45) is 16.1. The fourth-order valence-corrected chi connectivity index (χ4v) is 5.21. The van der Waals surface area contributed by atoms with Crippen LogP contribution >= 0.6 is 7.60 Å². The second-order valence-corrected chi connectivity index (χ2v) is 10.7. The monoisotopic (exact) mass is 505 g/mol. The molecule has 0 bridgehead atoms. The Morgan fingerprint density at radius 1 is 0.914 bits per heavy atom. The molecule has 1 aliphatic heterocycles. The van der Waals surface area contributed by atoms with Crippen molar-refractivity contribution in [2.45, 2.75) is 59.8 Å². The molecular formula is C28H44NO5P. The molecule has 1 heterocycles. The first-order valence-corrected chi connectivity index (χ1v) is 14.8. The average molecular weight is 506 g/mol. The molecule has 35 heavy (non-hydrogen) atoms. The van der Waals surface area contributed by atoms with Crippen LogP contribution in [0.1, 0.15) is 65.4 Å². The maximum atomic E-state index is 12.6. The van der Waals surface area contributed by atoms with E-state index in [-0.39, 0.29) is 0 Å². The Morgan fingerprint density at radius 3 is 2.20 bits per heavy atom. The van der Waals surface area contributed by atoms with Gasteiger partial charge in [-0.2, -0.15) is 0 Å². The van der Waals surface area contributed by atoms with Crippen molar-refractivity contribution in [1.29, 1.82) is 0 Å². The van der Waals surface area contributed by atoms with Gasteiger partial charge in [-0.1, -0.05) is 51.0 Å². The maximum absolute atomic E-state index is 12.6. The lowest BCUT2D eigenvalue weighted by atomic mass is 10.1. The fraction of sp³-hybridized carbons (Fsp3) is 0.571. The lowest BCUT2D eigenvalue weighted by Gasteiger charge is -2.23. The van der Waals surface area contributed by atoms with Gasteiger partial charge in [0.1, 0.15) is 0 Å². The van der Waals surface area contributed by atoms with E-state index in [4.69, 9.17) is 18.5 Å². The summed E-state index contributed by atoms with van der Waals surface area (Å²) < 4.78 is 35.3. The van der Waals surface area contributed by atoms with Crippen molar-refractivity contribution in [1.82, 2.24) is 4.90 Å². The van der Waals surface area contributed by atoms with Crippen molar-refractivity contribution in [2.75, 3.05) is 45.7 Å². The molecule has 0 aliphatic carbocycles. The number of benzene rings is 1. The van der Waals surface area contributed by atoms with Crippen LogP contribution in [-0.4, -0.2) is 50.6 Å². The molecule has 0 atom stereocenters. The molecule has 1 aromatic carbocycles. The Kier molecular flexibility index (Phi) is 13.9. The molecule has 0 N–H and O–H groups in total. The van der Waals surface area contributed by atoms with Gasteiger partial charge in [0.15, 0.2) is 11.5 Å². The molecule has 0 amide bonds. The highest BCUT2D eigenvalue weighted by Gasteiger charge is 2.23. The van der Waals surface area contributed by atoms with E-state index in [1.54, 1.807) is 0 Å². The molecule has 0 aromatic heterocycles. The molecule has 0 saturated heterocycles. The minimum absolute atomic E-state index is 0.403.